The molecule has 2 N–H and O–H groups in total. The minimum atomic E-state index is -4.58. The minimum Gasteiger partial charge on any atom is -0.371 e. The van der Waals surface area contributed by atoms with E-state index in [1.165, 1.54) is 6.07 Å². The molecule has 0 saturated carbocycles. The van der Waals surface area contributed by atoms with Crippen molar-refractivity contribution in [2.45, 2.75) is 52.4 Å². The van der Waals surface area contributed by atoms with Crippen molar-refractivity contribution in [3.05, 3.63) is 46.8 Å². The van der Waals surface area contributed by atoms with E-state index < -0.39 is 17.9 Å². The second-order valence-electron chi connectivity index (χ2n) is 9.30. The van der Waals surface area contributed by atoms with Gasteiger partial charge in [0.1, 0.15) is 5.69 Å². The number of pyridine rings is 1. The van der Waals surface area contributed by atoms with Gasteiger partial charge in [-0.1, -0.05) is 13.8 Å². The molecule has 10 heteroatoms. The van der Waals surface area contributed by atoms with Crippen LogP contribution in [0.15, 0.2) is 18.3 Å². The summed E-state index contributed by atoms with van der Waals surface area (Å²) in [6, 6.07) is 3.27. The molecule has 0 atom stereocenters. The summed E-state index contributed by atoms with van der Waals surface area (Å²) >= 11 is 0. The van der Waals surface area contributed by atoms with Gasteiger partial charge in [0, 0.05) is 44.6 Å². The van der Waals surface area contributed by atoms with Crippen LogP contribution in [0.4, 0.5) is 18.9 Å². The standard InChI is InChI=1S/C22H27F3N6O/c1-21(2)5-9-31(10-6-21)18-11-16(19(26)32)29-17-13-30(8-4-15(17)18)12-14-3-7-27-20(28-14)22(23,24)25/h3,7,11H,4-6,8-10,12-13H2,1-2H3,(H2,26,32). The highest BCUT2D eigenvalue weighted by atomic mass is 19.4. The number of carbonyl (C=O) groups excluding carboxylic acids is 1. The molecule has 0 spiro atoms. The summed E-state index contributed by atoms with van der Waals surface area (Å²) in [6.45, 7) is 7.61. The molecule has 4 heterocycles. The first-order valence-corrected chi connectivity index (χ1v) is 10.7. The smallest absolute Gasteiger partial charge is 0.371 e. The molecule has 0 radical (unpaired) electrons. The average molecular weight is 448 g/mol. The van der Waals surface area contributed by atoms with E-state index in [0.29, 0.717) is 30.6 Å². The first kappa shape index (κ1) is 22.4. The summed E-state index contributed by atoms with van der Waals surface area (Å²) in [4.78, 5) is 27.7. The van der Waals surface area contributed by atoms with Crippen LogP contribution in [-0.2, 0) is 25.7 Å². The van der Waals surface area contributed by atoms with Crippen molar-refractivity contribution in [2.75, 3.05) is 24.5 Å². The van der Waals surface area contributed by atoms with Crippen LogP contribution in [0.1, 0.15) is 60.0 Å². The third-order valence-corrected chi connectivity index (χ3v) is 6.30. The fourth-order valence-corrected chi connectivity index (χ4v) is 4.32. The van der Waals surface area contributed by atoms with E-state index in [9.17, 15) is 18.0 Å². The molecule has 1 fully saturated rings. The van der Waals surface area contributed by atoms with Gasteiger partial charge in [0.05, 0.1) is 11.4 Å². The molecule has 0 aliphatic carbocycles. The predicted molar refractivity (Wildman–Crippen MR) is 113 cm³/mol. The Hall–Kier alpha value is -2.75. The predicted octanol–water partition coefficient (Wildman–Crippen LogP) is 3.17. The number of amides is 1. The Kier molecular flexibility index (Phi) is 5.83. The van der Waals surface area contributed by atoms with Gasteiger partial charge in [-0.3, -0.25) is 9.69 Å². The molecular weight excluding hydrogens is 421 g/mol. The summed E-state index contributed by atoms with van der Waals surface area (Å²) < 4.78 is 38.8. The highest BCUT2D eigenvalue weighted by Crippen LogP contribution is 2.36. The number of hydrogen-bond acceptors (Lipinski definition) is 6. The quantitative estimate of drug-likeness (QED) is 0.773. The van der Waals surface area contributed by atoms with Gasteiger partial charge in [-0.15, -0.1) is 0 Å². The summed E-state index contributed by atoms with van der Waals surface area (Å²) in [5, 5.41) is 0. The number of primary amides is 1. The SMILES string of the molecule is CC1(C)CCN(c2cc(C(N)=O)nc3c2CCN(Cc2ccnc(C(F)(F)F)n2)C3)CC1. The molecule has 172 valence electrons. The van der Waals surface area contributed by atoms with Crippen LogP contribution in [-0.4, -0.2) is 45.4 Å². The Labute approximate surface area is 184 Å². The van der Waals surface area contributed by atoms with Crippen LogP contribution in [0.3, 0.4) is 0 Å². The largest absolute Gasteiger partial charge is 0.451 e. The minimum absolute atomic E-state index is 0.215. The van der Waals surface area contributed by atoms with Gasteiger partial charge in [-0.05, 0) is 42.4 Å². The normalized spacial score (nSPS) is 19.0. The van der Waals surface area contributed by atoms with Crippen molar-refractivity contribution in [2.24, 2.45) is 11.1 Å². The first-order valence-electron chi connectivity index (χ1n) is 10.7. The lowest BCUT2D eigenvalue weighted by Crippen LogP contribution is -2.39. The second kappa shape index (κ2) is 8.31. The molecule has 4 rings (SSSR count). The molecule has 2 aliphatic rings. The number of nitrogens with zero attached hydrogens (tertiary/aromatic N) is 5. The van der Waals surface area contributed by atoms with Crippen LogP contribution in [0.5, 0.6) is 0 Å². The van der Waals surface area contributed by atoms with E-state index in [0.717, 1.165) is 49.1 Å². The number of rotatable bonds is 4. The Morgan fingerprint density at radius 1 is 1.19 bits per heavy atom. The van der Waals surface area contributed by atoms with Crippen LogP contribution in [0.25, 0.3) is 0 Å². The zero-order chi connectivity index (χ0) is 23.1. The molecule has 1 saturated heterocycles. The Morgan fingerprint density at radius 3 is 2.56 bits per heavy atom. The van der Waals surface area contributed by atoms with Gasteiger partial charge >= 0.3 is 6.18 Å². The summed E-state index contributed by atoms with van der Waals surface area (Å²) in [6.07, 6.45) is -0.661. The lowest BCUT2D eigenvalue weighted by molar-refractivity contribution is -0.145. The van der Waals surface area contributed by atoms with Crippen molar-refractivity contribution < 1.29 is 18.0 Å². The highest BCUT2D eigenvalue weighted by molar-refractivity contribution is 5.92. The number of anilines is 1. The van der Waals surface area contributed by atoms with E-state index in [-0.39, 0.29) is 12.2 Å². The lowest BCUT2D eigenvalue weighted by Gasteiger charge is -2.40. The fourth-order valence-electron chi connectivity index (χ4n) is 4.32. The zero-order valence-corrected chi connectivity index (χ0v) is 18.2. The Morgan fingerprint density at radius 2 is 1.91 bits per heavy atom. The van der Waals surface area contributed by atoms with Gasteiger partial charge in [0.15, 0.2) is 0 Å². The van der Waals surface area contributed by atoms with Crippen molar-refractivity contribution in [3.63, 3.8) is 0 Å². The topological polar surface area (TPSA) is 88.2 Å². The monoisotopic (exact) mass is 448 g/mol. The van der Waals surface area contributed by atoms with Crippen LogP contribution >= 0.6 is 0 Å². The van der Waals surface area contributed by atoms with Gasteiger partial charge in [0.2, 0.25) is 5.82 Å². The van der Waals surface area contributed by atoms with E-state index in [4.69, 9.17) is 5.73 Å². The van der Waals surface area contributed by atoms with Gasteiger partial charge in [0.25, 0.3) is 5.91 Å². The molecule has 2 aliphatic heterocycles. The molecule has 0 unspecified atom stereocenters. The molecule has 0 bridgehead atoms. The van der Waals surface area contributed by atoms with Gasteiger partial charge in [-0.25, -0.2) is 15.0 Å². The number of halogens is 3. The Bertz CT molecular complexity index is 1010. The average Bonchev–Trinajstić information content (AvgIpc) is 2.72. The van der Waals surface area contributed by atoms with E-state index >= 15 is 0 Å². The van der Waals surface area contributed by atoms with Crippen molar-refractivity contribution in [1.29, 1.82) is 0 Å². The third-order valence-electron chi connectivity index (χ3n) is 6.30. The third kappa shape index (κ3) is 4.85. The number of fused-ring (bicyclic) bond motifs is 1. The van der Waals surface area contributed by atoms with Crippen molar-refractivity contribution in [1.82, 2.24) is 19.9 Å². The molecular formula is C22H27F3N6O. The first-order chi connectivity index (χ1) is 15.0. The molecule has 0 aromatic carbocycles. The second-order valence-corrected chi connectivity index (χ2v) is 9.30. The summed E-state index contributed by atoms with van der Waals surface area (Å²) in [7, 11) is 0. The molecule has 2 aromatic rings. The molecule has 7 nitrogen and oxygen atoms in total. The zero-order valence-electron chi connectivity index (χ0n) is 18.2. The van der Waals surface area contributed by atoms with Crippen molar-refractivity contribution >= 4 is 11.6 Å². The van der Waals surface area contributed by atoms with Crippen molar-refractivity contribution in [3.8, 4) is 0 Å². The number of carbonyl (C=O) groups is 1. The van der Waals surface area contributed by atoms with Crippen LogP contribution in [0, 0.1) is 5.41 Å². The number of aromatic nitrogens is 3. The maximum Gasteiger partial charge on any atom is 0.451 e. The Balaban J connectivity index is 1.58. The van der Waals surface area contributed by atoms with Crippen LogP contribution < -0.4 is 10.6 Å². The maximum atomic E-state index is 12.9. The number of nitrogens with two attached hydrogens (primary N) is 1. The molecule has 32 heavy (non-hydrogen) atoms. The number of hydrogen-bond donors (Lipinski definition) is 1. The molecule has 1 amide bonds. The number of alkyl halides is 3. The number of piperidine rings is 1. The van der Waals surface area contributed by atoms with Gasteiger partial charge in [-0.2, -0.15) is 13.2 Å². The van der Waals surface area contributed by atoms with E-state index in [1.807, 2.05) is 4.90 Å². The van der Waals surface area contributed by atoms with E-state index in [1.54, 1.807) is 6.07 Å². The highest BCUT2D eigenvalue weighted by Gasteiger charge is 2.35. The lowest BCUT2D eigenvalue weighted by atomic mass is 9.82. The van der Waals surface area contributed by atoms with Gasteiger partial charge < -0.3 is 10.6 Å². The summed E-state index contributed by atoms with van der Waals surface area (Å²) in [5.74, 6) is -1.73. The molecule has 2 aromatic heterocycles. The van der Waals surface area contributed by atoms with Crippen LogP contribution in [0.2, 0.25) is 0 Å². The summed E-state index contributed by atoms with van der Waals surface area (Å²) in [5.41, 5.74) is 9.18. The maximum absolute atomic E-state index is 12.9. The fraction of sp³-hybridized carbons (Fsp3) is 0.545. The van der Waals surface area contributed by atoms with E-state index in [2.05, 4.69) is 33.7 Å².